The summed E-state index contributed by atoms with van der Waals surface area (Å²) in [7, 11) is -3.66. The normalized spacial score (nSPS) is 13.2. The summed E-state index contributed by atoms with van der Waals surface area (Å²) < 4.78 is 26.5. The number of carbonyl (C=O) groups is 1. The minimum Gasteiger partial charge on any atom is -0.481 e. The predicted molar refractivity (Wildman–Crippen MR) is 72.8 cm³/mol. The highest BCUT2D eigenvalue weighted by molar-refractivity contribution is 7.89. The van der Waals surface area contributed by atoms with E-state index in [2.05, 4.69) is 4.72 Å². The average Bonchev–Trinajstić information content (AvgIpc) is 2.31. The van der Waals surface area contributed by atoms with Gasteiger partial charge in [-0.05, 0) is 31.0 Å². The van der Waals surface area contributed by atoms with Crippen molar-refractivity contribution < 1.29 is 18.3 Å². The van der Waals surface area contributed by atoms with Crippen LogP contribution in [0.3, 0.4) is 0 Å². The first-order valence-corrected chi connectivity index (χ1v) is 7.59. The Labute approximate surface area is 117 Å². The molecule has 1 aromatic carbocycles. The third-order valence-electron chi connectivity index (χ3n) is 2.80. The van der Waals surface area contributed by atoms with Gasteiger partial charge in [-0.15, -0.1) is 0 Å². The van der Waals surface area contributed by atoms with E-state index in [0.29, 0.717) is 10.6 Å². The lowest BCUT2D eigenvalue weighted by Crippen LogP contribution is -2.27. The number of benzene rings is 1. The number of carboxylic acids is 1. The fraction of sp³-hybridized carbons (Fsp3) is 0.417. The number of rotatable bonds is 6. The smallest absolute Gasteiger partial charge is 0.306 e. The third kappa shape index (κ3) is 4.19. The quantitative estimate of drug-likeness (QED) is 0.842. The molecule has 1 atom stereocenters. The summed E-state index contributed by atoms with van der Waals surface area (Å²) in [6.07, 6.45) is 0.230. The van der Waals surface area contributed by atoms with E-state index >= 15 is 0 Å². The number of aliphatic carboxylic acids is 1. The first-order chi connectivity index (χ1) is 8.75. The first-order valence-electron chi connectivity index (χ1n) is 5.73. The van der Waals surface area contributed by atoms with Crippen LogP contribution in [0.2, 0.25) is 5.02 Å². The summed E-state index contributed by atoms with van der Waals surface area (Å²) in [4.78, 5) is 10.7. The number of carboxylic acid groups (broad SMARTS) is 1. The van der Waals surface area contributed by atoms with Crippen LogP contribution in [-0.4, -0.2) is 26.0 Å². The SMILES string of the molecule is Cc1c(Cl)cccc1S(=O)(=O)NCCC(C)C(=O)O. The Morgan fingerprint density at radius 2 is 2.11 bits per heavy atom. The van der Waals surface area contributed by atoms with Crippen LogP contribution >= 0.6 is 11.6 Å². The standard InChI is InChI=1S/C12H16ClNO4S/c1-8(12(15)16)6-7-14-19(17,18)11-5-3-4-10(13)9(11)2/h3-5,8,14H,6-7H2,1-2H3,(H,15,16). The summed E-state index contributed by atoms with van der Waals surface area (Å²) in [5.41, 5.74) is 0.475. The Bertz CT molecular complexity index is 571. The molecule has 0 aliphatic carbocycles. The number of hydrogen-bond acceptors (Lipinski definition) is 3. The van der Waals surface area contributed by atoms with Gasteiger partial charge in [0, 0.05) is 11.6 Å². The lowest BCUT2D eigenvalue weighted by molar-refractivity contribution is -0.141. The van der Waals surface area contributed by atoms with Gasteiger partial charge in [0.25, 0.3) is 0 Å². The fourth-order valence-corrected chi connectivity index (χ4v) is 3.03. The monoisotopic (exact) mass is 305 g/mol. The minimum absolute atomic E-state index is 0.0712. The highest BCUT2D eigenvalue weighted by Crippen LogP contribution is 2.22. The molecule has 7 heteroatoms. The Kier molecular flexibility index (Phi) is 5.34. The van der Waals surface area contributed by atoms with Gasteiger partial charge in [0.1, 0.15) is 0 Å². The summed E-state index contributed by atoms with van der Waals surface area (Å²) in [5.74, 6) is -1.54. The highest BCUT2D eigenvalue weighted by Gasteiger charge is 2.18. The largest absolute Gasteiger partial charge is 0.481 e. The molecular weight excluding hydrogens is 290 g/mol. The molecule has 0 radical (unpaired) electrons. The minimum atomic E-state index is -3.66. The molecule has 1 unspecified atom stereocenters. The van der Waals surface area contributed by atoms with E-state index in [0.717, 1.165) is 0 Å². The summed E-state index contributed by atoms with van der Waals surface area (Å²) >= 11 is 5.88. The zero-order chi connectivity index (χ0) is 14.6. The molecule has 106 valence electrons. The highest BCUT2D eigenvalue weighted by atomic mass is 35.5. The second-order valence-electron chi connectivity index (χ2n) is 4.29. The van der Waals surface area contributed by atoms with E-state index < -0.39 is 21.9 Å². The summed E-state index contributed by atoms with van der Waals surface area (Å²) in [6.45, 7) is 3.22. The first kappa shape index (κ1) is 15.9. The van der Waals surface area contributed by atoms with Crippen LogP contribution in [0.1, 0.15) is 18.9 Å². The average molecular weight is 306 g/mol. The zero-order valence-electron chi connectivity index (χ0n) is 10.7. The molecule has 19 heavy (non-hydrogen) atoms. The van der Waals surface area contributed by atoms with Gasteiger partial charge in [0.15, 0.2) is 0 Å². The van der Waals surface area contributed by atoms with Gasteiger partial charge in [-0.25, -0.2) is 13.1 Å². The Morgan fingerprint density at radius 1 is 1.47 bits per heavy atom. The maximum Gasteiger partial charge on any atom is 0.306 e. The zero-order valence-corrected chi connectivity index (χ0v) is 12.3. The molecule has 0 amide bonds. The van der Waals surface area contributed by atoms with E-state index in [1.165, 1.54) is 13.0 Å². The molecule has 1 aromatic rings. The Hall–Kier alpha value is -1.11. The van der Waals surface area contributed by atoms with Gasteiger partial charge < -0.3 is 5.11 Å². The second-order valence-corrected chi connectivity index (χ2v) is 6.43. The van der Waals surface area contributed by atoms with Crippen molar-refractivity contribution in [3.05, 3.63) is 28.8 Å². The van der Waals surface area contributed by atoms with Crippen molar-refractivity contribution in [3.8, 4) is 0 Å². The molecule has 0 spiro atoms. The van der Waals surface area contributed by atoms with Crippen molar-refractivity contribution in [1.82, 2.24) is 4.72 Å². The van der Waals surface area contributed by atoms with Gasteiger partial charge in [-0.2, -0.15) is 0 Å². The molecule has 0 aliphatic rings. The molecule has 0 aromatic heterocycles. The van der Waals surface area contributed by atoms with Gasteiger partial charge in [0.05, 0.1) is 10.8 Å². The predicted octanol–water partition coefficient (Wildman–Crippen LogP) is 2.04. The second kappa shape index (κ2) is 6.36. The van der Waals surface area contributed by atoms with Crippen molar-refractivity contribution in [2.75, 3.05) is 6.54 Å². The number of nitrogens with one attached hydrogen (secondary N) is 1. The van der Waals surface area contributed by atoms with E-state index in [-0.39, 0.29) is 17.9 Å². The lowest BCUT2D eigenvalue weighted by atomic mass is 10.1. The van der Waals surface area contributed by atoms with Crippen LogP contribution in [0.4, 0.5) is 0 Å². The van der Waals surface area contributed by atoms with Crippen molar-refractivity contribution in [3.63, 3.8) is 0 Å². The van der Waals surface area contributed by atoms with Crippen LogP contribution in [0, 0.1) is 12.8 Å². The van der Waals surface area contributed by atoms with E-state index in [9.17, 15) is 13.2 Å². The van der Waals surface area contributed by atoms with Crippen molar-refractivity contribution in [2.24, 2.45) is 5.92 Å². The lowest BCUT2D eigenvalue weighted by Gasteiger charge is -2.11. The van der Waals surface area contributed by atoms with Crippen molar-refractivity contribution in [1.29, 1.82) is 0 Å². The Morgan fingerprint density at radius 3 is 2.68 bits per heavy atom. The van der Waals surface area contributed by atoms with Gasteiger partial charge >= 0.3 is 5.97 Å². The fourth-order valence-electron chi connectivity index (χ4n) is 1.49. The molecule has 0 saturated carbocycles. The maximum atomic E-state index is 12.0. The Balaban J connectivity index is 2.77. The van der Waals surface area contributed by atoms with Gasteiger partial charge in [-0.1, -0.05) is 24.6 Å². The van der Waals surface area contributed by atoms with Crippen molar-refractivity contribution in [2.45, 2.75) is 25.2 Å². The topological polar surface area (TPSA) is 83.5 Å². The molecule has 0 aliphatic heterocycles. The van der Waals surface area contributed by atoms with Crippen LogP contribution < -0.4 is 4.72 Å². The molecule has 0 fully saturated rings. The number of hydrogen-bond donors (Lipinski definition) is 2. The van der Waals surface area contributed by atoms with E-state index in [4.69, 9.17) is 16.7 Å². The van der Waals surface area contributed by atoms with Crippen molar-refractivity contribution >= 4 is 27.6 Å². The maximum absolute atomic E-state index is 12.0. The molecular formula is C12H16ClNO4S. The van der Waals surface area contributed by atoms with Crippen LogP contribution in [0.5, 0.6) is 0 Å². The third-order valence-corrected chi connectivity index (χ3v) is 4.81. The van der Waals surface area contributed by atoms with E-state index in [1.807, 2.05) is 0 Å². The summed E-state index contributed by atoms with van der Waals surface area (Å²) in [5, 5.41) is 9.09. The summed E-state index contributed by atoms with van der Waals surface area (Å²) in [6, 6.07) is 4.64. The number of sulfonamides is 1. The van der Waals surface area contributed by atoms with Crippen LogP contribution in [0.15, 0.2) is 23.1 Å². The van der Waals surface area contributed by atoms with Crippen LogP contribution in [0.25, 0.3) is 0 Å². The van der Waals surface area contributed by atoms with E-state index in [1.54, 1.807) is 19.1 Å². The van der Waals surface area contributed by atoms with Crippen LogP contribution in [-0.2, 0) is 14.8 Å². The molecule has 1 rings (SSSR count). The molecule has 0 saturated heterocycles. The number of halogens is 1. The van der Waals surface area contributed by atoms with Gasteiger partial charge in [-0.3, -0.25) is 4.79 Å². The molecule has 5 nitrogen and oxygen atoms in total. The molecule has 0 heterocycles. The molecule has 2 N–H and O–H groups in total. The molecule has 0 bridgehead atoms. The van der Waals surface area contributed by atoms with Gasteiger partial charge in [0.2, 0.25) is 10.0 Å².